The fourth-order valence-corrected chi connectivity index (χ4v) is 2.12. The maximum absolute atomic E-state index is 12.5. The lowest BCUT2D eigenvalue weighted by Gasteiger charge is -2.33. The second-order valence-corrected chi connectivity index (χ2v) is 4.57. The first kappa shape index (κ1) is 10.8. The fraction of sp³-hybridized carbons (Fsp3) is 0.900. The maximum atomic E-state index is 12.5. The average Bonchev–Trinajstić information content (AvgIpc) is 2.62. The lowest BCUT2D eigenvalue weighted by Crippen LogP contribution is -2.46. The van der Waals surface area contributed by atoms with Crippen molar-refractivity contribution in [1.82, 2.24) is 10.6 Å². The van der Waals surface area contributed by atoms with E-state index < -0.39 is 11.8 Å². The van der Waals surface area contributed by atoms with Gasteiger partial charge in [-0.15, -0.1) is 0 Å². The molecule has 86 valence electrons. The van der Waals surface area contributed by atoms with Gasteiger partial charge in [0.1, 0.15) is 0 Å². The third-order valence-corrected chi connectivity index (χ3v) is 3.19. The summed E-state index contributed by atoms with van der Waals surface area (Å²) >= 11 is 0. The Morgan fingerprint density at radius 3 is 2.73 bits per heavy atom. The molecule has 1 unspecified atom stereocenters. The van der Waals surface area contributed by atoms with Gasteiger partial charge < -0.3 is 10.6 Å². The van der Waals surface area contributed by atoms with E-state index in [0.717, 1.165) is 19.5 Å². The number of amides is 1. The molecule has 0 aromatic carbocycles. The van der Waals surface area contributed by atoms with Crippen molar-refractivity contribution >= 4 is 5.91 Å². The van der Waals surface area contributed by atoms with Gasteiger partial charge in [0, 0.05) is 25.3 Å². The van der Waals surface area contributed by atoms with E-state index in [4.69, 9.17) is 0 Å². The number of carbonyl (C=O) groups excluding carboxylic acids is 1. The molecule has 1 aliphatic carbocycles. The number of halogens is 2. The summed E-state index contributed by atoms with van der Waals surface area (Å²) in [5.74, 6) is -2.80. The van der Waals surface area contributed by atoms with Crippen LogP contribution >= 0.6 is 0 Å². The molecule has 1 atom stereocenters. The van der Waals surface area contributed by atoms with Gasteiger partial charge in [-0.05, 0) is 25.4 Å². The van der Waals surface area contributed by atoms with Crippen LogP contribution in [0.1, 0.15) is 19.3 Å². The van der Waals surface area contributed by atoms with Crippen molar-refractivity contribution < 1.29 is 13.6 Å². The van der Waals surface area contributed by atoms with Gasteiger partial charge in [0.2, 0.25) is 11.8 Å². The highest BCUT2D eigenvalue weighted by Crippen LogP contribution is 2.42. The Hall–Kier alpha value is -0.710. The van der Waals surface area contributed by atoms with Crippen LogP contribution in [-0.4, -0.2) is 31.5 Å². The van der Waals surface area contributed by atoms with Crippen LogP contribution in [0.25, 0.3) is 0 Å². The van der Waals surface area contributed by atoms with Gasteiger partial charge in [0.25, 0.3) is 0 Å². The molecule has 2 rings (SSSR count). The first-order valence-electron chi connectivity index (χ1n) is 5.43. The van der Waals surface area contributed by atoms with Crippen molar-refractivity contribution in [2.45, 2.75) is 25.2 Å². The predicted molar refractivity (Wildman–Crippen MR) is 51.7 cm³/mol. The zero-order valence-electron chi connectivity index (χ0n) is 8.56. The Kier molecular flexibility index (Phi) is 2.91. The highest BCUT2D eigenvalue weighted by Gasteiger charge is 2.48. The molecule has 0 bridgehead atoms. The summed E-state index contributed by atoms with van der Waals surface area (Å²) in [4.78, 5) is 11.4. The van der Waals surface area contributed by atoms with E-state index in [2.05, 4.69) is 10.6 Å². The van der Waals surface area contributed by atoms with Crippen LogP contribution < -0.4 is 10.6 Å². The molecule has 5 heteroatoms. The zero-order valence-corrected chi connectivity index (χ0v) is 8.56. The molecule has 1 amide bonds. The Bertz CT molecular complexity index is 244. The van der Waals surface area contributed by atoms with Gasteiger partial charge in [-0.2, -0.15) is 0 Å². The third-order valence-electron chi connectivity index (χ3n) is 3.19. The Morgan fingerprint density at radius 2 is 2.20 bits per heavy atom. The number of hydrogen-bond donors (Lipinski definition) is 2. The van der Waals surface area contributed by atoms with Gasteiger partial charge in [-0.25, -0.2) is 8.78 Å². The molecule has 2 fully saturated rings. The van der Waals surface area contributed by atoms with Gasteiger partial charge in [0.15, 0.2) is 0 Å². The lowest BCUT2D eigenvalue weighted by molar-refractivity contribution is -0.150. The largest absolute Gasteiger partial charge is 0.356 e. The molecule has 1 saturated carbocycles. The molecule has 0 aromatic rings. The minimum atomic E-state index is -2.60. The standard InChI is InChI=1S/C10H16F2N2O/c11-10(12)3-8(4-10)9(15)14-6-7-1-2-13-5-7/h7-8,13H,1-6H2,(H,14,15). The van der Waals surface area contributed by atoms with E-state index in [0.29, 0.717) is 12.5 Å². The lowest BCUT2D eigenvalue weighted by atomic mass is 9.80. The minimum absolute atomic E-state index is 0.201. The van der Waals surface area contributed by atoms with Crippen molar-refractivity contribution in [2.75, 3.05) is 19.6 Å². The van der Waals surface area contributed by atoms with Crippen LogP contribution in [0.5, 0.6) is 0 Å². The predicted octanol–water partition coefficient (Wildman–Crippen LogP) is 0.757. The molecule has 1 heterocycles. The smallest absolute Gasteiger partial charge is 0.249 e. The normalized spacial score (nSPS) is 29.9. The van der Waals surface area contributed by atoms with Crippen molar-refractivity contribution in [2.24, 2.45) is 11.8 Å². The van der Waals surface area contributed by atoms with Crippen LogP contribution in [0.4, 0.5) is 8.78 Å². The highest BCUT2D eigenvalue weighted by atomic mass is 19.3. The molecule has 15 heavy (non-hydrogen) atoms. The number of rotatable bonds is 3. The molecule has 0 spiro atoms. The Balaban J connectivity index is 1.65. The van der Waals surface area contributed by atoms with Crippen molar-refractivity contribution in [3.8, 4) is 0 Å². The molecule has 2 aliphatic rings. The van der Waals surface area contributed by atoms with E-state index in [-0.39, 0.29) is 18.7 Å². The van der Waals surface area contributed by atoms with Gasteiger partial charge in [-0.3, -0.25) is 4.79 Å². The SMILES string of the molecule is O=C(NCC1CCNC1)C1CC(F)(F)C1. The molecular formula is C10H16F2N2O. The summed E-state index contributed by atoms with van der Waals surface area (Å²) < 4.78 is 25.0. The van der Waals surface area contributed by atoms with Gasteiger partial charge in [-0.1, -0.05) is 0 Å². The van der Waals surface area contributed by atoms with Crippen LogP contribution in [0, 0.1) is 11.8 Å². The van der Waals surface area contributed by atoms with E-state index in [1.165, 1.54) is 0 Å². The van der Waals surface area contributed by atoms with Gasteiger partial charge in [0.05, 0.1) is 0 Å². The quantitative estimate of drug-likeness (QED) is 0.734. The number of alkyl halides is 2. The number of nitrogens with one attached hydrogen (secondary N) is 2. The second-order valence-electron chi connectivity index (χ2n) is 4.57. The van der Waals surface area contributed by atoms with E-state index in [1.54, 1.807) is 0 Å². The topological polar surface area (TPSA) is 41.1 Å². The molecule has 2 N–H and O–H groups in total. The summed E-state index contributed by atoms with van der Waals surface area (Å²) in [7, 11) is 0. The highest BCUT2D eigenvalue weighted by molar-refractivity contribution is 5.79. The Labute approximate surface area is 87.6 Å². The number of hydrogen-bond acceptors (Lipinski definition) is 2. The molecule has 0 aromatic heterocycles. The fourth-order valence-electron chi connectivity index (χ4n) is 2.12. The van der Waals surface area contributed by atoms with Gasteiger partial charge >= 0.3 is 0 Å². The van der Waals surface area contributed by atoms with Crippen molar-refractivity contribution in [3.05, 3.63) is 0 Å². The first-order valence-corrected chi connectivity index (χ1v) is 5.43. The minimum Gasteiger partial charge on any atom is -0.356 e. The van der Waals surface area contributed by atoms with E-state index in [1.807, 2.05) is 0 Å². The maximum Gasteiger partial charge on any atom is 0.249 e. The average molecular weight is 218 g/mol. The summed E-state index contributed by atoms with van der Waals surface area (Å²) in [6.07, 6.45) is 0.505. The Morgan fingerprint density at radius 1 is 1.47 bits per heavy atom. The number of carbonyl (C=O) groups is 1. The summed E-state index contributed by atoms with van der Waals surface area (Å²) in [6, 6.07) is 0. The second kappa shape index (κ2) is 4.04. The summed E-state index contributed by atoms with van der Waals surface area (Å²) in [6.45, 7) is 2.52. The summed E-state index contributed by atoms with van der Waals surface area (Å²) in [5, 5.41) is 5.95. The molecule has 3 nitrogen and oxygen atoms in total. The van der Waals surface area contributed by atoms with E-state index >= 15 is 0 Å². The van der Waals surface area contributed by atoms with Crippen LogP contribution in [0.15, 0.2) is 0 Å². The van der Waals surface area contributed by atoms with Crippen LogP contribution in [0.2, 0.25) is 0 Å². The molecule has 0 radical (unpaired) electrons. The molecule has 1 saturated heterocycles. The first-order chi connectivity index (χ1) is 7.07. The third kappa shape index (κ3) is 2.65. The molecule has 1 aliphatic heterocycles. The van der Waals surface area contributed by atoms with E-state index in [9.17, 15) is 13.6 Å². The van der Waals surface area contributed by atoms with Crippen LogP contribution in [0.3, 0.4) is 0 Å². The monoisotopic (exact) mass is 218 g/mol. The van der Waals surface area contributed by atoms with Crippen molar-refractivity contribution in [1.29, 1.82) is 0 Å². The summed E-state index contributed by atoms with van der Waals surface area (Å²) in [5.41, 5.74) is 0. The zero-order chi connectivity index (χ0) is 10.9. The molecular weight excluding hydrogens is 202 g/mol. The van der Waals surface area contributed by atoms with Crippen molar-refractivity contribution in [3.63, 3.8) is 0 Å². The van der Waals surface area contributed by atoms with Crippen LogP contribution in [-0.2, 0) is 4.79 Å².